The Labute approximate surface area is 121 Å². The predicted octanol–water partition coefficient (Wildman–Crippen LogP) is 3.04. The Morgan fingerprint density at radius 2 is 1.79 bits per heavy atom. The zero-order valence-corrected chi connectivity index (χ0v) is 13.1. The molecule has 0 aromatic heterocycles. The van der Waals surface area contributed by atoms with Crippen LogP contribution in [0.2, 0.25) is 0 Å². The first-order chi connectivity index (χ1) is 8.77. The maximum atomic E-state index is 12.2. The van der Waals surface area contributed by atoms with Crippen molar-refractivity contribution < 1.29 is 13.3 Å². The van der Waals surface area contributed by atoms with Crippen LogP contribution in [-0.4, -0.2) is 24.4 Å². The molecular formula is C12H16BrNO4S. The second kappa shape index (κ2) is 6.47. The van der Waals surface area contributed by atoms with Crippen LogP contribution in [0.3, 0.4) is 0 Å². The Morgan fingerprint density at radius 3 is 2.16 bits per heavy atom. The van der Waals surface area contributed by atoms with Gasteiger partial charge in [0, 0.05) is 17.5 Å². The van der Waals surface area contributed by atoms with Crippen LogP contribution in [0.1, 0.15) is 13.8 Å². The lowest BCUT2D eigenvalue weighted by Gasteiger charge is -2.17. The summed E-state index contributed by atoms with van der Waals surface area (Å²) >= 11 is 3.32. The van der Waals surface area contributed by atoms with Crippen LogP contribution < -0.4 is 0 Å². The van der Waals surface area contributed by atoms with Crippen LogP contribution in [0.25, 0.3) is 0 Å². The van der Waals surface area contributed by atoms with E-state index >= 15 is 0 Å². The first-order valence-electron chi connectivity index (χ1n) is 5.81. The van der Waals surface area contributed by atoms with E-state index in [1.54, 1.807) is 0 Å². The largest absolute Gasteiger partial charge is 0.269 e. The van der Waals surface area contributed by atoms with Crippen LogP contribution in [-0.2, 0) is 9.84 Å². The maximum absolute atomic E-state index is 12.2. The Bertz CT molecular complexity index is 539. The highest BCUT2D eigenvalue weighted by Gasteiger charge is 2.23. The number of sulfone groups is 1. The number of nitrogens with zero attached hydrogens (tertiary/aromatic N) is 1. The molecule has 1 atom stereocenters. The van der Waals surface area contributed by atoms with E-state index < -0.39 is 14.8 Å². The molecule has 5 nitrogen and oxygen atoms in total. The van der Waals surface area contributed by atoms with E-state index in [9.17, 15) is 18.5 Å². The van der Waals surface area contributed by atoms with Gasteiger partial charge in [-0.3, -0.25) is 10.1 Å². The summed E-state index contributed by atoms with van der Waals surface area (Å²) in [6, 6.07) is 5.01. The minimum Gasteiger partial charge on any atom is -0.258 e. The van der Waals surface area contributed by atoms with Crippen LogP contribution in [0.15, 0.2) is 29.2 Å². The van der Waals surface area contributed by atoms with Crippen LogP contribution in [0.4, 0.5) is 5.69 Å². The molecule has 0 saturated carbocycles. The number of nitro benzene ring substituents is 1. The smallest absolute Gasteiger partial charge is 0.258 e. The van der Waals surface area contributed by atoms with E-state index in [0.717, 1.165) is 0 Å². The number of benzene rings is 1. The van der Waals surface area contributed by atoms with Crippen molar-refractivity contribution in [3.05, 3.63) is 34.4 Å². The van der Waals surface area contributed by atoms with E-state index in [0.29, 0.717) is 5.33 Å². The van der Waals surface area contributed by atoms with Crippen molar-refractivity contribution in [3.8, 4) is 0 Å². The van der Waals surface area contributed by atoms with Crippen molar-refractivity contribution in [1.82, 2.24) is 0 Å². The number of hydrogen-bond acceptors (Lipinski definition) is 4. The van der Waals surface area contributed by atoms with E-state index in [2.05, 4.69) is 15.9 Å². The zero-order valence-electron chi connectivity index (χ0n) is 10.7. The third-order valence-corrected chi connectivity index (χ3v) is 5.67. The van der Waals surface area contributed by atoms with Gasteiger partial charge in [-0.25, -0.2) is 8.42 Å². The molecule has 0 aliphatic carbocycles. The molecule has 0 spiro atoms. The highest BCUT2D eigenvalue weighted by Crippen LogP contribution is 2.22. The van der Waals surface area contributed by atoms with Gasteiger partial charge in [-0.05, 0) is 24.0 Å². The van der Waals surface area contributed by atoms with Gasteiger partial charge in [0.15, 0.2) is 9.84 Å². The van der Waals surface area contributed by atoms with Crippen LogP contribution >= 0.6 is 15.9 Å². The van der Waals surface area contributed by atoms with Gasteiger partial charge in [0.2, 0.25) is 0 Å². The molecule has 0 N–H and O–H groups in total. The Balaban J connectivity index is 2.97. The number of nitro groups is 1. The van der Waals surface area contributed by atoms with Gasteiger partial charge in [0.05, 0.1) is 15.6 Å². The molecule has 0 bridgehead atoms. The van der Waals surface area contributed by atoms with E-state index in [4.69, 9.17) is 0 Å². The van der Waals surface area contributed by atoms with Crippen molar-refractivity contribution in [2.24, 2.45) is 11.8 Å². The molecule has 1 unspecified atom stereocenters. The van der Waals surface area contributed by atoms with Crippen LogP contribution in [0, 0.1) is 22.0 Å². The molecule has 0 heterocycles. The SMILES string of the molecule is CC(C)C(CBr)CS(=O)(=O)c1ccc([N+](=O)[O-])cc1. The molecule has 0 radical (unpaired) electrons. The summed E-state index contributed by atoms with van der Waals surface area (Å²) in [5.41, 5.74) is -0.111. The van der Waals surface area contributed by atoms with Crippen molar-refractivity contribution in [2.75, 3.05) is 11.1 Å². The number of halogens is 1. The fourth-order valence-electron chi connectivity index (χ4n) is 1.57. The number of non-ortho nitro benzene ring substituents is 1. The maximum Gasteiger partial charge on any atom is 0.269 e. The quantitative estimate of drug-likeness (QED) is 0.449. The van der Waals surface area contributed by atoms with Gasteiger partial charge in [-0.1, -0.05) is 29.8 Å². The summed E-state index contributed by atoms with van der Waals surface area (Å²) < 4.78 is 24.4. The summed E-state index contributed by atoms with van der Waals surface area (Å²) in [7, 11) is -3.41. The summed E-state index contributed by atoms with van der Waals surface area (Å²) in [5, 5.41) is 11.1. The average molecular weight is 350 g/mol. The first-order valence-corrected chi connectivity index (χ1v) is 8.58. The standard InChI is InChI=1S/C12H16BrNO4S/c1-9(2)10(7-13)8-19(17,18)12-5-3-11(4-6-12)14(15)16/h3-6,9-10H,7-8H2,1-2H3. The van der Waals surface area contributed by atoms with Crippen molar-refractivity contribution in [2.45, 2.75) is 18.7 Å². The third kappa shape index (κ3) is 4.28. The Morgan fingerprint density at radius 1 is 1.26 bits per heavy atom. The van der Waals surface area contributed by atoms with Crippen molar-refractivity contribution in [1.29, 1.82) is 0 Å². The molecule has 0 amide bonds. The Hall–Kier alpha value is -0.950. The molecule has 1 aromatic rings. The highest BCUT2D eigenvalue weighted by molar-refractivity contribution is 9.09. The summed E-state index contributed by atoms with van der Waals surface area (Å²) in [6.45, 7) is 3.94. The van der Waals surface area contributed by atoms with E-state index in [-0.39, 0.29) is 28.2 Å². The lowest BCUT2D eigenvalue weighted by Crippen LogP contribution is -2.22. The van der Waals surface area contributed by atoms with Gasteiger partial charge in [0.25, 0.3) is 5.69 Å². The summed E-state index contributed by atoms with van der Waals surface area (Å²) in [4.78, 5) is 10.1. The topological polar surface area (TPSA) is 77.3 Å². The first kappa shape index (κ1) is 16.1. The highest BCUT2D eigenvalue weighted by atomic mass is 79.9. The van der Waals surface area contributed by atoms with Crippen molar-refractivity contribution in [3.63, 3.8) is 0 Å². The fraction of sp³-hybridized carbons (Fsp3) is 0.500. The number of hydrogen-bond donors (Lipinski definition) is 0. The van der Waals surface area contributed by atoms with Gasteiger partial charge in [-0.2, -0.15) is 0 Å². The molecule has 0 fully saturated rings. The predicted molar refractivity (Wildman–Crippen MR) is 77.3 cm³/mol. The molecule has 7 heteroatoms. The fourth-order valence-corrected chi connectivity index (χ4v) is 4.66. The number of rotatable bonds is 6. The molecule has 0 saturated heterocycles. The minimum atomic E-state index is -3.41. The molecule has 0 aliphatic rings. The molecular weight excluding hydrogens is 334 g/mol. The normalized spacial score (nSPS) is 13.5. The Kier molecular flexibility index (Phi) is 5.49. The molecule has 19 heavy (non-hydrogen) atoms. The minimum absolute atomic E-state index is 0.0141. The summed E-state index contributed by atoms with van der Waals surface area (Å²) in [6.07, 6.45) is 0. The van der Waals surface area contributed by atoms with E-state index in [1.165, 1.54) is 24.3 Å². The second-order valence-corrected chi connectivity index (χ2v) is 7.37. The molecule has 106 valence electrons. The van der Waals surface area contributed by atoms with Gasteiger partial charge >= 0.3 is 0 Å². The summed E-state index contributed by atoms with van der Waals surface area (Å²) in [5.74, 6) is 0.292. The lowest BCUT2D eigenvalue weighted by molar-refractivity contribution is -0.384. The lowest BCUT2D eigenvalue weighted by atomic mass is 10.0. The van der Waals surface area contributed by atoms with Crippen LogP contribution in [0.5, 0.6) is 0 Å². The monoisotopic (exact) mass is 349 g/mol. The zero-order chi connectivity index (χ0) is 14.6. The van der Waals surface area contributed by atoms with Gasteiger partial charge in [0.1, 0.15) is 0 Å². The molecule has 0 aliphatic heterocycles. The molecule has 1 rings (SSSR count). The third-order valence-electron chi connectivity index (χ3n) is 2.98. The van der Waals surface area contributed by atoms with Gasteiger partial charge in [-0.15, -0.1) is 0 Å². The average Bonchev–Trinajstić information content (AvgIpc) is 2.35. The number of alkyl halides is 1. The molecule has 1 aromatic carbocycles. The second-order valence-electron chi connectivity index (χ2n) is 4.69. The van der Waals surface area contributed by atoms with Gasteiger partial charge < -0.3 is 0 Å². The van der Waals surface area contributed by atoms with Crippen molar-refractivity contribution >= 4 is 31.5 Å². The van der Waals surface area contributed by atoms with E-state index in [1.807, 2.05) is 13.8 Å².